The minimum Gasteiger partial charge on any atom is -0.348 e. The molecular formula is C17H24ClN3O2. The second-order valence-corrected chi connectivity index (χ2v) is 6.52. The molecule has 1 aliphatic carbocycles. The van der Waals surface area contributed by atoms with Crippen LogP contribution in [0.15, 0.2) is 18.2 Å². The van der Waals surface area contributed by atoms with E-state index in [1.165, 1.54) is 0 Å². The van der Waals surface area contributed by atoms with E-state index in [-0.39, 0.29) is 30.3 Å². The Kier molecular flexibility index (Phi) is 5.32. The molecular weight excluding hydrogens is 314 g/mol. The van der Waals surface area contributed by atoms with E-state index in [2.05, 4.69) is 16.7 Å². The van der Waals surface area contributed by atoms with Gasteiger partial charge in [-0.3, -0.25) is 9.59 Å². The predicted octanol–water partition coefficient (Wildman–Crippen LogP) is 2.44. The summed E-state index contributed by atoms with van der Waals surface area (Å²) < 4.78 is 0. The minimum absolute atomic E-state index is 0. The molecule has 1 aliphatic heterocycles. The molecule has 0 bridgehead atoms. The summed E-state index contributed by atoms with van der Waals surface area (Å²) in [5, 5.41) is 5.91. The summed E-state index contributed by atoms with van der Waals surface area (Å²) in [5.41, 5.74) is 8.55. The Morgan fingerprint density at radius 1 is 1.30 bits per heavy atom. The number of nitrogens with two attached hydrogens (primary N) is 1. The number of amides is 2. The number of hydrogen-bond acceptors (Lipinski definition) is 3. The fourth-order valence-corrected chi connectivity index (χ4v) is 3.33. The molecule has 1 saturated carbocycles. The van der Waals surface area contributed by atoms with Gasteiger partial charge in [-0.15, -0.1) is 12.4 Å². The zero-order valence-electron chi connectivity index (χ0n) is 13.4. The highest BCUT2D eigenvalue weighted by Gasteiger charge is 2.37. The third-order valence-electron chi connectivity index (χ3n) is 4.82. The number of hydrogen-bond donors (Lipinski definition) is 3. The maximum atomic E-state index is 12.4. The van der Waals surface area contributed by atoms with E-state index in [1.807, 2.05) is 19.1 Å². The van der Waals surface area contributed by atoms with Crippen molar-refractivity contribution in [3.8, 4) is 0 Å². The van der Waals surface area contributed by atoms with Crippen molar-refractivity contribution < 1.29 is 9.59 Å². The quantitative estimate of drug-likeness (QED) is 0.792. The Bertz CT molecular complexity index is 612. The van der Waals surface area contributed by atoms with Crippen LogP contribution in [0.4, 0.5) is 5.69 Å². The maximum absolute atomic E-state index is 12.4. The maximum Gasteiger partial charge on any atom is 0.240 e. The highest BCUT2D eigenvalue weighted by Crippen LogP contribution is 2.29. The molecule has 0 saturated heterocycles. The van der Waals surface area contributed by atoms with Gasteiger partial charge in [-0.25, -0.2) is 0 Å². The molecule has 0 spiro atoms. The van der Waals surface area contributed by atoms with Gasteiger partial charge in [0.05, 0.1) is 11.6 Å². The lowest BCUT2D eigenvalue weighted by Crippen LogP contribution is -2.52. The van der Waals surface area contributed by atoms with Gasteiger partial charge in [0.25, 0.3) is 0 Å². The van der Waals surface area contributed by atoms with Gasteiger partial charge in [-0.1, -0.05) is 25.0 Å². The number of benzene rings is 1. The van der Waals surface area contributed by atoms with Crippen molar-refractivity contribution in [2.75, 3.05) is 5.32 Å². The number of rotatable bonds is 3. The number of carbonyl (C=O) groups excluding carboxylic acids is 2. The molecule has 5 nitrogen and oxygen atoms in total. The van der Waals surface area contributed by atoms with Crippen LogP contribution in [0.5, 0.6) is 0 Å². The van der Waals surface area contributed by atoms with Gasteiger partial charge in [-0.2, -0.15) is 0 Å². The number of fused-ring (bicyclic) bond motifs is 1. The molecule has 6 heteroatoms. The van der Waals surface area contributed by atoms with Gasteiger partial charge in [-0.05, 0) is 43.4 Å². The molecule has 0 aromatic heterocycles. The largest absolute Gasteiger partial charge is 0.348 e. The monoisotopic (exact) mass is 337 g/mol. The van der Waals surface area contributed by atoms with E-state index in [0.29, 0.717) is 6.42 Å². The number of anilines is 1. The molecule has 1 atom stereocenters. The van der Waals surface area contributed by atoms with Gasteiger partial charge < -0.3 is 16.4 Å². The molecule has 0 radical (unpaired) electrons. The standard InChI is InChI=1S/C17H23N3O2.ClH/c1-11(19-16(22)17(18)8-2-3-9-17)12-4-6-14-13(10-12)5-7-15(21)20-14;/h4,6,10-11H,2-3,5,7-9,18H2,1H3,(H,19,22)(H,20,21);1H. The first-order valence-electron chi connectivity index (χ1n) is 8.00. The molecule has 1 heterocycles. The Hall–Kier alpha value is -1.59. The lowest BCUT2D eigenvalue weighted by Gasteiger charge is -2.26. The van der Waals surface area contributed by atoms with E-state index in [9.17, 15) is 9.59 Å². The van der Waals surface area contributed by atoms with E-state index in [4.69, 9.17) is 5.73 Å². The summed E-state index contributed by atoms with van der Waals surface area (Å²) in [6, 6.07) is 5.85. The van der Waals surface area contributed by atoms with Gasteiger partial charge >= 0.3 is 0 Å². The lowest BCUT2D eigenvalue weighted by atomic mass is 9.95. The van der Waals surface area contributed by atoms with Crippen LogP contribution in [-0.4, -0.2) is 17.4 Å². The zero-order chi connectivity index (χ0) is 15.7. The molecule has 1 aromatic rings. The molecule has 4 N–H and O–H groups in total. The number of aryl methyl sites for hydroxylation is 1. The van der Waals surface area contributed by atoms with E-state index in [0.717, 1.165) is 48.9 Å². The van der Waals surface area contributed by atoms with Crippen molar-refractivity contribution in [2.24, 2.45) is 5.73 Å². The molecule has 3 rings (SSSR count). The minimum atomic E-state index is -0.698. The lowest BCUT2D eigenvalue weighted by molar-refractivity contribution is -0.126. The Labute approximate surface area is 142 Å². The number of nitrogens with one attached hydrogen (secondary N) is 2. The second-order valence-electron chi connectivity index (χ2n) is 6.52. The van der Waals surface area contributed by atoms with Crippen molar-refractivity contribution in [2.45, 2.75) is 57.0 Å². The molecule has 1 aromatic carbocycles. The molecule has 1 unspecified atom stereocenters. The first-order valence-corrected chi connectivity index (χ1v) is 8.00. The fourth-order valence-electron chi connectivity index (χ4n) is 3.33. The molecule has 23 heavy (non-hydrogen) atoms. The number of carbonyl (C=O) groups is 2. The molecule has 126 valence electrons. The predicted molar refractivity (Wildman–Crippen MR) is 92.6 cm³/mol. The van der Waals surface area contributed by atoms with Crippen LogP contribution in [0.3, 0.4) is 0 Å². The summed E-state index contributed by atoms with van der Waals surface area (Å²) in [6.07, 6.45) is 4.84. The van der Waals surface area contributed by atoms with Crippen LogP contribution in [0.25, 0.3) is 0 Å². The van der Waals surface area contributed by atoms with Crippen molar-refractivity contribution in [3.63, 3.8) is 0 Å². The SMILES string of the molecule is CC(NC(=O)C1(N)CCCC1)c1ccc2c(c1)CCC(=O)N2.Cl. The summed E-state index contributed by atoms with van der Waals surface area (Å²) in [6.45, 7) is 1.97. The van der Waals surface area contributed by atoms with Gasteiger partial charge in [0.1, 0.15) is 0 Å². The van der Waals surface area contributed by atoms with E-state index >= 15 is 0 Å². The van der Waals surface area contributed by atoms with Crippen molar-refractivity contribution >= 4 is 29.9 Å². The fraction of sp³-hybridized carbons (Fsp3) is 0.529. The summed E-state index contributed by atoms with van der Waals surface area (Å²) in [5.74, 6) is 0.0106. The van der Waals surface area contributed by atoms with Gasteiger partial charge in [0.2, 0.25) is 11.8 Å². The average molecular weight is 338 g/mol. The summed E-state index contributed by atoms with van der Waals surface area (Å²) in [4.78, 5) is 23.8. The van der Waals surface area contributed by atoms with Gasteiger partial charge in [0, 0.05) is 12.1 Å². The first kappa shape index (κ1) is 17.8. The van der Waals surface area contributed by atoms with E-state index in [1.54, 1.807) is 0 Å². The third kappa shape index (κ3) is 3.67. The van der Waals surface area contributed by atoms with Crippen LogP contribution in [0.2, 0.25) is 0 Å². The normalized spacial score (nSPS) is 20.0. The van der Waals surface area contributed by atoms with Crippen LogP contribution < -0.4 is 16.4 Å². The third-order valence-corrected chi connectivity index (χ3v) is 4.82. The van der Waals surface area contributed by atoms with Crippen molar-refractivity contribution in [3.05, 3.63) is 29.3 Å². The Balaban J connectivity index is 0.00000192. The smallest absolute Gasteiger partial charge is 0.240 e. The highest BCUT2D eigenvalue weighted by atomic mass is 35.5. The summed E-state index contributed by atoms with van der Waals surface area (Å²) in [7, 11) is 0. The zero-order valence-corrected chi connectivity index (χ0v) is 14.2. The van der Waals surface area contributed by atoms with Crippen LogP contribution in [0.1, 0.15) is 56.2 Å². The first-order chi connectivity index (χ1) is 10.5. The molecule has 1 fully saturated rings. The van der Waals surface area contributed by atoms with Crippen molar-refractivity contribution in [1.29, 1.82) is 0 Å². The topological polar surface area (TPSA) is 84.2 Å². The summed E-state index contributed by atoms with van der Waals surface area (Å²) >= 11 is 0. The van der Waals surface area contributed by atoms with Crippen LogP contribution >= 0.6 is 12.4 Å². The highest BCUT2D eigenvalue weighted by molar-refractivity contribution is 5.94. The average Bonchev–Trinajstić information content (AvgIpc) is 2.94. The second kappa shape index (κ2) is 6.89. The Morgan fingerprint density at radius 3 is 2.70 bits per heavy atom. The van der Waals surface area contributed by atoms with Gasteiger partial charge in [0.15, 0.2) is 0 Å². The number of halogens is 1. The van der Waals surface area contributed by atoms with Crippen LogP contribution in [-0.2, 0) is 16.0 Å². The van der Waals surface area contributed by atoms with Crippen molar-refractivity contribution in [1.82, 2.24) is 5.32 Å². The molecule has 2 amide bonds. The van der Waals surface area contributed by atoms with E-state index < -0.39 is 5.54 Å². The molecule has 2 aliphatic rings. The Morgan fingerprint density at radius 2 is 2.00 bits per heavy atom. The van der Waals surface area contributed by atoms with Crippen LogP contribution in [0, 0.1) is 0 Å².